The number of fused-ring (bicyclic) bond motifs is 1. The maximum Gasteiger partial charge on any atom is 0.254 e. The van der Waals surface area contributed by atoms with Crippen molar-refractivity contribution in [2.24, 2.45) is 5.73 Å². The second-order valence-corrected chi connectivity index (χ2v) is 4.24. The molecule has 2 N–H and O–H groups in total. The number of hydrogen-bond acceptors (Lipinski definition) is 3. The van der Waals surface area contributed by atoms with Crippen molar-refractivity contribution in [3.8, 4) is 0 Å². The van der Waals surface area contributed by atoms with E-state index in [4.69, 9.17) is 5.73 Å². The molecule has 1 aromatic carbocycles. The van der Waals surface area contributed by atoms with Crippen LogP contribution >= 0.6 is 0 Å². The molecule has 94 valence electrons. The molecule has 1 heterocycles. The fraction of sp³-hybridized carbons (Fsp3) is 0.286. The van der Waals surface area contributed by atoms with Crippen LogP contribution in [0.4, 0.5) is 0 Å². The Balaban J connectivity index is 2.33. The zero-order valence-corrected chi connectivity index (χ0v) is 10.5. The molecule has 0 spiro atoms. The summed E-state index contributed by atoms with van der Waals surface area (Å²) >= 11 is 0. The van der Waals surface area contributed by atoms with Gasteiger partial charge in [0.25, 0.3) is 5.91 Å². The minimum absolute atomic E-state index is 0.0158. The van der Waals surface area contributed by atoms with Crippen molar-refractivity contribution >= 4 is 16.8 Å². The van der Waals surface area contributed by atoms with Crippen LogP contribution in [-0.2, 0) is 0 Å². The SMILES string of the molecule is CN(CCCN)C(=O)c1ccnc2ccccc12. The number of carbonyl (C=O) groups is 1. The first-order chi connectivity index (χ1) is 8.74. The van der Waals surface area contributed by atoms with Crippen LogP contribution in [-0.4, -0.2) is 35.9 Å². The Kier molecular flexibility index (Phi) is 3.89. The number of nitrogens with zero attached hydrogens (tertiary/aromatic N) is 2. The van der Waals surface area contributed by atoms with Crippen molar-refractivity contribution in [2.45, 2.75) is 6.42 Å². The molecular formula is C14H17N3O. The van der Waals surface area contributed by atoms with E-state index < -0.39 is 0 Å². The predicted octanol–water partition coefficient (Wildman–Crippen LogP) is 1.66. The van der Waals surface area contributed by atoms with E-state index in [2.05, 4.69) is 4.98 Å². The highest BCUT2D eigenvalue weighted by molar-refractivity contribution is 6.05. The number of aromatic nitrogens is 1. The first kappa shape index (κ1) is 12.5. The van der Waals surface area contributed by atoms with Gasteiger partial charge in [-0.15, -0.1) is 0 Å². The molecule has 2 aromatic rings. The number of pyridine rings is 1. The Bertz CT molecular complexity index is 548. The summed E-state index contributed by atoms with van der Waals surface area (Å²) in [4.78, 5) is 18.3. The number of para-hydroxylation sites is 1. The summed E-state index contributed by atoms with van der Waals surface area (Å²) in [7, 11) is 1.80. The van der Waals surface area contributed by atoms with Crippen LogP contribution < -0.4 is 5.73 Å². The van der Waals surface area contributed by atoms with Gasteiger partial charge in [0.05, 0.1) is 11.1 Å². The van der Waals surface area contributed by atoms with Gasteiger partial charge in [0.15, 0.2) is 0 Å². The molecule has 1 aromatic heterocycles. The van der Waals surface area contributed by atoms with Crippen molar-refractivity contribution < 1.29 is 4.79 Å². The van der Waals surface area contributed by atoms with E-state index in [0.717, 1.165) is 17.3 Å². The van der Waals surface area contributed by atoms with Crippen LogP contribution in [0.1, 0.15) is 16.8 Å². The Morgan fingerprint density at radius 3 is 2.89 bits per heavy atom. The molecule has 0 aliphatic rings. The maximum absolute atomic E-state index is 12.3. The molecule has 0 saturated carbocycles. The van der Waals surface area contributed by atoms with Crippen LogP contribution in [0.15, 0.2) is 36.5 Å². The molecular weight excluding hydrogens is 226 g/mol. The lowest BCUT2D eigenvalue weighted by atomic mass is 10.1. The molecule has 1 amide bonds. The first-order valence-corrected chi connectivity index (χ1v) is 6.03. The van der Waals surface area contributed by atoms with Gasteiger partial charge in [-0.3, -0.25) is 9.78 Å². The highest BCUT2D eigenvalue weighted by atomic mass is 16.2. The van der Waals surface area contributed by atoms with Crippen molar-refractivity contribution in [3.63, 3.8) is 0 Å². The molecule has 18 heavy (non-hydrogen) atoms. The third-order valence-electron chi connectivity index (χ3n) is 2.92. The van der Waals surface area contributed by atoms with Crippen molar-refractivity contribution in [3.05, 3.63) is 42.1 Å². The molecule has 0 fully saturated rings. The minimum atomic E-state index is 0.0158. The van der Waals surface area contributed by atoms with Gasteiger partial charge in [-0.2, -0.15) is 0 Å². The second-order valence-electron chi connectivity index (χ2n) is 4.24. The molecule has 4 nitrogen and oxygen atoms in total. The lowest BCUT2D eigenvalue weighted by molar-refractivity contribution is 0.0796. The number of carbonyl (C=O) groups excluding carboxylic acids is 1. The lowest BCUT2D eigenvalue weighted by Gasteiger charge is -2.17. The van der Waals surface area contributed by atoms with Gasteiger partial charge in [-0.1, -0.05) is 18.2 Å². The van der Waals surface area contributed by atoms with E-state index in [1.165, 1.54) is 0 Å². The topological polar surface area (TPSA) is 59.2 Å². The summed E-state index contributed by atoms with van der Waals surface area (Å²) in [5, 5.41) is 0.893. The van der Waals surface area contributed by atoms with Crippen molar-refractivity contribution in [2.75, 3.05) is 20.1 Å². The fourth-order valence-corrected chi connectivity index (χ4v) is 1.92. The highest BCUT2D eigenvalue weighted by Crippen LogP contribution is 2.17. The average Bonchev–Trinajstić information content (AvgIpc) is 2.43. The van der Waals surface area contributed by atoms with Crippen LogP contribution in [0.5, 0.6) is 0 Å². The fourth-order valence-electron chi connectivity index (χ4n) is 1.92. The highest BCUT2D eigenvalue weighted by Gasteiger charge is 2.14. The average molecular weight is 243 g/mol. The Morgan fingerprint density at radius 1 is 1.33 bits per heavy atom. The Labute approximate surface area is 106 Å². The van der Waals surface area contributed by atoms with Crippen LogP contribution in [0.3, 0.4) is 0 Å². The van der Waals surface area contributed by atoms with E-state index >= 15 is 0 Å². The summed E-state index contributed by atoms with van der Waals surface area (Å²) in [5.41, 5.74) is 7.00. The number of hydrogen-bond donors (Lipinski definition) is 1. The first-order valence-electron chi connectivity index (χ1n) is 6.03. The number of benzene rings is 1. The van der Waals surface area contributed by atoms with Gasteiger partial charge in [0.2, 0.25) is 0 Å². The zero-order valence-electron chi connectivity index (χ0n) is 10.5. The van der Waals surface area contributed by atoms with Crippen molar-refractivity contribution in [1.29, 1.82) is 0 Å². The van der Waals surface area contributed by atoms with Crippen molar-refractivity contribution in [1.82, 2.24) is 9.88 Å². The molecule has 0 atom stereocenters. The molecule has 0 aliphatic carbocycles. The maximum atomic E-state index is 12.3. The molecule has 0 aliphatic heterocycles. The second kappa shape index (κ2) is 5.60. The van der Waals surface area contributed by atoms with E-state index in [1.54, 1.807) is 24.2 Å². The monoisotopic (exact) mass is 243 g/mol. The lowest BCUT2D eigenvalue weighted by Crippen LogP contribution is -2.29. The van der Waals surface area contributed by atoms with Crippen LogP contribution in [0.2, 0.25) is 0 Å². The van der Waals surface area contributed by atoms with E-state index in [-0.39, 0.29) is 5.91 Å². The molecule has 0 bridgehead atoms. The molecule has 2 rings (SSSR count). The van der Waals surface area contributed by atoms with E-state index in [9.17, 15) is 4.79 Å². The van der Waals surface area contributed by atoms with Gasteiger partial charge in [0, 0.05) is 25.2 Å². The zero-order chi connectivity index (χ0) is 13.0. The molecule has 0 unspecified atom stereocenters. The standard InChI is InChI=1S/C14H17N3O/c1-17(10-4-8-15)14(18)12-7-9-16-13-6-3-2-5-11(12)13/h2-3,5-7,9H,4,8,10,15H2,1H3. The predicted molar refractivity (Wildman–Crippen MR) is 72.4 cm³/mol. The van der Waals surface area contributed by atoms with Gasteiger partial charge in [-0.25, -0.2) is 0 Å². The number of rotatable bonds is 4. The van der Waals surface area contributed by atoms with Gasteiger partial charge < -0.3 is 10.6 Å². The molecule has 0 saturated heterocycles. The quantitative estimate of drug-likeness (QED) is 0.888. The number of nitrogens with two attached hydrogens (primary N) is 1. The normalized spacial score (nSPS) is 10.6. The largest absolute Gasteiger partial charge is 0.342 e. The van der Waals surface area contributed by atoms with Crippen LogP contribution in [0, 0.1) is 0 Å². The third-order valence-corrected chi connectivity index (χ3v) is 2.92. The molecule has 0 radical (unpaired) electrons. The van der Waals surface area contributed by atoms with Gasteiger partial charge in [0.1, 0.15) is 0 Å². The Morgan fingerprint density at radius 2 is 2.11 bits per heavy atom. The van der Waals surface area contributed by atoms with E-state index in [1.807, 2.05) is 24.3 Å². The summed E-state index contributed by atoms with van der Waals surface area (Å²) < 4.78 is 0. The summed E-state index contributed by atoms with van der Waals surface area (Å²) in [6.45, 7) is 1.26. The summed E-state index contributed by atoms with van der Waals surface area (Å²) in [6.07, 6.45) is 2.48. The minimum Gasteiger partial charge on any atom is -0.342 e. The Hall–Kier alpha value is -1.94. The molecule has 4 heteroatoms. The van der Waals surface area contributed by atoms with Gasteiger partial charge in [-0.05, 0) is 25.1 Å². The smallest absolute Gasteiger partial charge is 0.254 e. The van der Waals surface area contributed by atoms with E-state index in [0.29, 0.717) is 18.7 Å². The van der Waals surface area contributed by atoms with Gasteiger partial charge >= 0.3 is 0 Å². The van der Waals surface area contributed by atoms with Crippen LogP contribution in [0.25, 0.3) is 10.9 Å². The summed E-state index contributed by atoms with van der Waals surface area (Å²) in [6, 6.07) is 9.43. The summed E-state index contributed by atoms with van der Waals surface area (Å²) in [5.74, 6) is 0.0158. The third kappa shape index (κ3) is 2.49. The number of amides is 1.